The highest BCUT2D eigenvalue weighted by Crippen LogP contribution is 2.25. The monoisotopic (exact) mass is 321 g/mol. The van der Waals surface area contributed by atoms with E-state index in [-0.39, 0.29) is 11.7 Å². The number of benzene rings is 1. The number of anilines is 1. The number of rotatable bonds is 4. The molecule has 0 saturated carbocycles. The van der Waals surface area contributed by atoms with Crippen molar-refractivity contribution in [2.45, 2.75) is 12.8 Å². The third-order valence-corrected chi connectivity index (χ3v) is 4.44. The number of hydrogen-bond acceptors (Lipinski definition) is 5. The fourth-order valence-corrected chi connectivity index (χ4v) is 3.02. The molecule has 1 aromatic heterocycles. The van der Waals surface area contributed by atoms with E-state index in [1.54, 1.807) is 25.4 Å². The van der Waals surface area contributed by atoms with E-state index < -0.39 is 0 Å². The van der Waals surface area contributed by atoms with Crippen LogP contribution in [0, 0.1) is 17.2 Å². The molecule has 0 unspecified atom stereocenters. The number of piperidine rings is 1. The van der Waals surface area contributed by atoms with Crippen LogP contribution in [-0.4, -0.2) is 31.0 Å². The first-order chi connectivity index (χ1) is 11.7. The Labute approximate surface area is 141 Å². The van der Waals surface area contributed by atoms with Crippen molar-refractivity contribution in [2.24, 2.45) is 5.92 Å². The van der Waals surface area contributed by atoms with Gasteiger partial charge in [0.2, 0.25) is 0 Å². The van der Waals surface area contributed by atoms with Crippen molar-refractivity contribution in [3.05, 3.63) is 53.7 Å². The molecule has 1 saturated heterocycles. The summed E-state index contributed by atoms with van der Waals surface area (Å²) in [6.45, 7) is 1.54. The predicted octanol–water partition coefficient (Wildman–Crippen LogP) is 3.06. The molecule has 2 aromatic rings. The Hall–Kier alpha value is -2.87. The predicted molar refractivity (Wildman–Crippen MR) is 91.2 cm³/mol. The van der Waals surface area contributed by atoms with Gasteiger partial charge in [-0.3, -0.25) is 4.79 Å². The number of Topliss-reactive ketones (excluding diaryl/α,β-unsaturated/α-hetero) is 1. The summed E-state index contributed by atoms with van der Waals surface area (Å²) in [7, 11) is 1.61. The minimum absolute atomic E-state index is 0.0359. The van der Waals surface area contributed by atoms with Gasteiger partial charge >= 0.3 is 0 Å². The van der Waals surface area contributed by atoms with Gasteiger partial charge in [-0.25, -0.2) is 4.98 Å². The number of carbonyl (C=O) groups is 1. The van der Waals surface area contributed by atoms with Gasteiger partial charge in [0.1, 0.15) is 11.6 Å². The molecular formula is C19H19N3O2. The van der Waals surface area contributed by atoms with Gasteiger partial charge in [0.15, 0.2) is 5.78 Å². The summed E-state index contributed by atoms with van der Waals surface area (Å²) < 4.78 is 5.13. The van der Waals surface area contributed by atoms with Crippen molar-refractivity contribution in [1.29, 1.82) is 5.26 Å². The van der Waals surface area contributed by atoms with Crippen LogP contribution in [0.1, 0.15) is 28.8 Å². The Bertz CT molecular complexity index is 757. The van der Waals surface area contributed by atoms with Crippen molar-refractivity contribution >= 4 is 11.6 Å². The third kappa shape index (κ3) is 3.38. The van der Waals surface area contributed by atoms with Crippen LogP contribution in [0.2, 0.25) is 0 Å². The van der Waals surface area contributed by atoms with Crippen LogP contribution in [0.4, 0.5) is 5.82 Å². The van der Waals surface area contributed by atoms with E-state index in [0.29, 0.717) is 5.56 Å². The molecular weight excluding hydrogens is 302 g/mol. The molecule has 0 aliphatic carbocycles. The molecule has 0 radical (unpaired) electrons. The highest BCUT2D eigenvalue weighted by molar-refractivity contribution is 5.98. The van der Waals surface area contributed by atoms with Crippen molar-refractivity contribution in [1.82, 2.24) is 4.98 Å². The number of nitriles is 1. The number of carbonyl (C=O) groups excluding carboxylic acids is 1. The molecule has 5 heteroatoms. The number of methoxy groups -OCH3 is 1. The van der Waals surface area contributed by atoms with Crippen LogP contribution in [0.3, 0.4) is 0 Å². The number of hydrogen-bond donors (Lipinski definition) is 0. The summed E-state index contributed by atoms with van der Waals surface area (Å²) in [5, 5.41) is 8.99. The number of ketones is 1. The van der Waals surface area contributed by atoms with Crippen molar-refractivity contribution in [2.75, 3.05) is 25.1 Å². The molecule has 0 spiro atoms. The lowest BCUT2D eigenvalue weighted by atomic mass is 9.89. The highest BCUT2D eigenvalue weighted by Gasteiger charge is 2.26. The van der Waals surface area contributed by atoms with Gasteiger partial charge in [-0.2, -0.15) is 5.26 Å². The third-order valence-electron chi connectivity index (χ3n) is 4.44. The van der Waals surface area contributed by atoms with Crippen LogP contribution in [0.5, 0.6) is 5.75 Å². The Morgan fingerprint density at radius 2 is 1.96 bits per heavy atom. The normalized spacial score (nSPS) is 14.9. The zero-order valence-electron chi connectivity index (χ0n) is 13.6. The van der Waals surface area contributed by atoms with Gasteiger partial charge < -0.3 is 9.64 Å². The smallest absolute Gasteiger partial charge is 0.166 e. The molecule has 1 aromatic carbocycles. The summed E-state index contributed by atoms with van der Waals surface area (Å²) in [6.07, 6.45) is 3.25. The molecule has 0 bridgehead atoms. The summed E-state index contributed by atoms with van der Waals surface area (Å²) in [5.41, 5.74) is 1.34. The SMILES string of the molecule is COc1ccc(C(=O)C2CCN(c3cc(C#N)ccn3)CC2)cc1. The molecule has 0 atom stereocenters. The van der Waals surface area contributed by atoms with Crippen molar-refractivity contribution in [3.63, 3.8) is 0 Å². The quantitative estimate of drug-likeness (QED) is 0.810. The van der Waals surface area contributed by atoms with Crippen LogP contribution >= 0.6 is 0 Å². The first-order valence-electron chi connectivity index (χ1n) is 8.00. The minimum Gasteiger partial charge on any atom is -0.497 e. The van der Waals surface area contributed by atoms with Gasteiger partial charge in [-0.15, -0.1) is 0 Å². The summed E-state index contributed by atoms with van der Waals surface area (Å²) in [4.78, 5) is 19.1. The fourth-order valence-electron chi connectivity index (χ4n) is 3.02. The fraction of sp³-hybridized carbons (Fsp3) is 0.316. The Kier molecular flexibility index (Phi) is 4.76. The second-order valence-corrected chi connectivity index (χ2v) is 5.87. The molecule has 122 valence electrons. The Morgan fingerprint density at radius 3 is 2.58 bits per heavy atom. The van der Waals surface area contributed by atoms with Crippen LogP contribution < -0.4 is 9.64 Å². The van der Waals surface area contributed by atoms with E-state index in [4.69, 9.17) is 10.00 Å². The molecule has 0 N–H and O–H groups in total. The second kappa shape index (κ2) is 7.14. The molecule has 24 heavy (non-hydrogen) atoms. The van der Waals surface area contributed by atoms with Crippen LogP contribution in [0.15, 0.2) is 42.6 Å². The van der Waals surface area contributed by atoms with E-state index in [2.05, 4.69) is 16.0 Å². The summed E-state index contributed by atoms with van der Waals surface area (Å²) in [5.74, 6) is 1.79. The summed E-state index contributed by atoms with van der Waals surface area (Å²) in [6, 6.07) is 12.9. The molecule has 1 fully saturated rings. The highest BCUT2D eigenvalue weighted by atomic mass is 16.5. The first-order valence-corrected chi connectivity index (χ1v) is 8.00. The number of aromatic nitrogens is 1. The maximum atomic E-state index is 12.6. The largest absolute Gasteiger partial charge is 0.497 e. The zero-order valence-corrected chi connectivity index (χ0v) is 13.6. The molecule has 2 heterocycles. The van der Waals surface area contributed by atoms with Crippen molar-refractivity contribution < 1.29 is 9.53 Å². The average molecular weight is 321 g/mol. The minimum atomic E-state index is 0.0359. The standard InChI is InChI=1S/C19H19N3O2/c1-24-17-4-2-15(3-5-17)19(23)16-7-10-22(11-8-16)18-12-14(13-20)6-9-21-18/h2-6,9,12,16H,7-8,10-11H2,1H3. The van der Waals surface area contributed by atoms with E-state index in [9.17, 15) is 4.79 Å². The van der Waals surface area contributed by atoms with Gasteiger partial charge in [0.25, 0.3) is 0 Å². The van der Waals surface area contributed by atoms with Gasteiger partial charge in [0, 0.05) is 30.8 Å². The van der Waals surface area contributed by atoms with E-state index in [1.165, 1.54) is 0 Å². The van der Waals surface area contributed by atoms with Crippen LogP contribution in [0.25, 0.3) is 0 Å². The number of nitrogens with zero attached hydrogens (tertiary/aromatic N) is 3. The van der Waals surface area contributed by atoms with Gasteiger partial charge in [0.05, 0.1) is 18.7 Å². The zero-order chi connectivity index (χ0) is 16.9. The molecule has 1 aliphatic heterocycles. The maximum Gasteiger partial charge on any atom is 0.166 e. The summed E-state index contributed by atoms with van der Waals surface area (Å²) >= 11 is 0. The van der Waals surface area contributed by atoms with E-state index in [0.717, 1.165) is 43.1 Å². The lowest BCUT2D eigenvalue weighted by Gasteiger charge is -2.32. The van der Waals surface area contributed by atoms with Crippen LogP contribution in [-0.2, 0) is 0 Å². The number of ether oxygens (including phenoxy) is 1. The average Bonchev–Trinajstić information content (AvgIpc) is 2.67. The van der Waals surface area contributed by atoms with E-state index in [1.807, 2.05) is 24.3 Å². The lowest BCUT2D eigenvalue weighted by molar-refractivity contribution is 0.0900. The maximum absolute atomic E-state index is 12.6. The number of pyridine rings is 1. The van der Waals surface area contributed by atoms with Crippen molar-refractivity contribution in [3.8, 4) is 11.8 Å². The Morgan fingerprint density at radius 1 is 1.25 bits per heavy atom. The van der Waals surface area contributed by atoms with Gasteiger partial charge in [-0.1, -0.05) is 0 Å². The second-order valence-electron chi connectivity index (χ2n) is 5.87. The molecule has 5 nitrogen and oxygen atoms in total. The lowest BCUT2D eigenvalue weighted by Crippen LogP contribution is -2.36. The topological polar surface area (TPSA) is 66.2 Å². The van der Waals surface area contributed by atoms with Gasteiger partial charge in [-0.05, 0) is 49.2 Å². The molecule has 3 rings (SSSR count). The molecule has 0 amide bonds. The molecule has 1 aliphatic rings. The first kappa shape index (κ1) is 16.0. The van der Waals surface area contributed by atoms with E-state index >= 15 is 0 Å². The Balaban J connectivity index is 1.63.